The number of hydrogen-bond donors (Lipinski definition) is 1. The Morgan fingerprint density at radius 2 is 1.55 bits per heavy atom. The summed E-state index contributed by atoms with van der Waals surface area (Å²) in [5.41, 5.74) is 2.33. The highest BCUT2D eigenvalue weighted by Crippen LogP contribution is 2.24. The fourth-order valence-corrected chi connectivity index (χ4v) is 2.01. The molecule has 0 saturated carbocycles. The monoisotopic (exact) mass is 285 g/mol. The predicted octanol–water partition coefficient (Wildman–Crippen LogP) is 4.76. The van der Waals surface area contributed by atoms with Crippen LogP contribution < -0.4 is 10.1 Å². The van der Waals surface area contributed by atoms with Gasteiger partial charge in [0.15, 0.2) is 0 Å². The number of nitrogens with one attached hydrogen (secondary N) is 1. The molecule has 0 saturated heterocycles. The van der Waals surface area contributed by atoms with Crippen LogP contribution in [0.1, 0.15) is 26.3 Å². The molecule has 3 heteroatoms. The van der Waals surface area contributed by atoms with Gasteiger partial charge in [-0.25, -0.2) is 0 Å². The third kappa shape index (κ3) is 4.07. The van der Waals surface area contributed by atoms with Crippen molar-refractivity contribution in [3.63, 3.8) is 0 Å². The first-order valence-corrected chi connectivity index (χ1v) is 7.00. The predicted molar refractivity (Wildman–Crippen MR) is 88.4 cm³/mol. The van der Waals surface area contributed by atoms with E-state index in [4.69, 9.17) is 17.0 Å². The molecule has 0 aliphatic carbocycles. The Kier molecular flexibility index (Phi) is 4.40. The lowest BCUT2D eigenvalue weighted by Crippen LogP contribution is -2.16. The summed E-state index contributed by atoms with van der Waals surface area (Å²) in [7, 11) is 0. The van der Waals surface area contributed by atoms with Crippen LogP contribution >= 0.6 is 12.2 Å². The minimum Gasteiger partial charge on any atom is -0.432 e. The maximum Gasteiger partial charge on any atom is 0.266 e. The molecule has 0 aliphatic heterocycles. The van der Waals surface area contributed by atoms with Crippen molar-refractivity contribution in [3.05, 3.63) is 60.2 Å². The van der Waals surface area contributed by atoms with Crippen LogP contribution in [0.25, 0.3) is 0 Å². The van der Waals surface area contributed by atoms with E-state index in [1.165, 1.54) is 5.56 Å². The second-order valence-electron chi connectivity index (χ2n) is 5.65. The van der Waals surface area contributed by atoms with E-state index in [0.717, 1.165) is 11.4 Å². The standard InChI is InChI=1S/C17H19NOS/c1-17(2,3)13-9-11-15(12-10-13)19-16(20)18-14-7-5-4-6-8-14/h4-12H,1-3H3,(H,18,20). The number of para-hydroxylation sites is 1. The molecule has 0 aromatic heterocycles. The Labute approximate surface area is 125 Å². The van der Waals surface area contributed by atoms with Crippen molar-refractivity contribution in [2.75, 3.05) is 5.32 Å². The van der Waals surface area contributed by atoms with Crippen molar-refractivity contribution < 1.29 is 4.74 Å². The normalized spacial score (nSPS) is 10.9. The van der Waals surface area contributed by atoms with Crippen molar-refractivity contribution in [1.82, 2.24) is 0 Å². The number of anilines is 1. The van der Waals surface area contributed by atoms with Crippen LogP contribution in [0.2, 0.25) is 0 Å². The zero-order valence-electron chi connectivity index (χ0n) is 12.0. The Hall–Kier alpha value is -1.87. The lowest BCUT2D eigenvalue weighted by molar-refractivity contribution is 0.557. The molecule has 2 aromatic carbocycles. The summed E-state index contributed by atoms with van der Waals surface area (Å²) < 4.78 is 5.61. The molecule has 2 nitrogen and oxygen atoms in total. The SMILES string of the molecule is CC(C)(C)c1ccc(OC(=S)Nc2ccccc2)cc1. The van der Waals surface area contributed by atoms with E-state index < -0.39 is 0 Å². The molecule has 0 aliphatic rings. The first kappa shape index (κ1) is 14.5. The second-order valence-corrected chi connectivity index (χ2v) is 6.03. The molecular formula is C17H19NOS. The van der Waals surface area contributed by atoms with Gasteiger partial charge >= 0.3 is 0 Å². The Morgan fingerprint density at radius 1 is 0.950 bits per heavy atom. The molecule has 0 amide bonds. The van der Waals surface area contributed by atoms with Gasteiger partial charge in [0.1, 0.15) is 5.75 Å². The van der Waals surface area contributed by atoms with Gasteiger partial charge in [0, 0.05) is 5.69 Å². The molecule has 0 atom stereocenters. The Morgan fingerprint density at radius 3 is 2.10 bits per heavy atom. The summed E-state index contributed by atoms with van der Waals surface area (Å²) >= 11 is 5.19. The zero-order chi connectivity index (χ0) is 14.6. The number of benzene rings is 2. The molecule has 0 bridgehead atoms. The maximum absolute atomic E-state index is 5.61. The van der Waals surface area contributed by atoms with Crippen molar-refractivity contribution in [1.29, 1.82) is 0 Å². The quantitative estimate of drug-likeness (QED) is 0.804. The fraction of sp³-hybridized carbons (Fsp3) is 0.235. The summed E-state index contributed by atoms with van der Waals surface area (Å²) in [4.78, 5) is 0. The average molecular weight is 285 g/mol. The van der Waals surface area contributed by atoms with Gasteiger partial charge in [0.2, 0.25) is 0 Å². The van der Waals surface area contributed by atoms with Gasteiger partial charge in [-0.15, -0.1) is 0 Å². The van der Waals surface area contributed by atoms with Gasteiger partial charge in [-0.1, -0.05) is 51.1 Å². The van der Waals surface area contributed by atoms with Gasteiger partial charge in [-0.2, -0.15) is 0 Å². The van der Waals surface area contributed by atoms with Gasteiger partial charge in [-0.05, 0) is 47.5 Å². The van der Waals surface area contributed by atoms with E-state index in [9.17, 15) is 0 Å². The Balaban J connectivity index is 1.98. The highest BCUT2D eigenvalue weighted by Gasteiger charge is 2.13. The molecule has 1 N–H and O–H groups in total. The molecule has 104 valence electrons. The van der Waals surface area contributed by atoms with Crippen LogP contribution in [-0.4, -0.2) is 5.17 Å². The fourth-order valence-electron chi connectivity index (χ4n) is 1.79. The van der Waals surface area contributed by atoms with Gasteiger partial charge < -0.3 is 10.1 Å². The molecule has 2 aromatic rings. The van der Waals surface area contributed by atoms with Crippen molar-refractivity contribution in [3.8, 4) is 5.75 Å². The molecule has 0 radical (unpaired) electrons. The van der Waals surface area contributed by atoms with E-state index in [1.54, 1.807) is 0 Å². The topological polar surface area (TPSA) is 21.3 Å². The van der Waals surface area contributed by atoms with Crippen LogP contribution in [-0.2, 0) is 5.41 Å². The van der Waals surface area contributed by atoms with Gasteiger partial charge in [-0.3, -0.25) is 0 Å². The van der Waals surface area contributed by atoms with Crippen molar-refractivity contribution >= 4 is 23.1 Å². The highest BCUT2D eigenvalue weighted by atomic mass is 32.1. The van der Waals surface area contributed by atoms with Crippen molar-refractivity contribution in [2.24, 2.45) is 0 Å². The number of rotatable bonds is 2. The molecule has 0 fully saturated rings. The smallest absolute Gasteiger partial charge is 0.266 e. The van der Waals surface area contributed by atoms with Crippen molar-refractivity contribution in [2.45, 2.75) is 26.2 Å². The van der Waals surface area contributed by atoms with E-state index >= 15 is 0 Å². The average Bonchev–Trinajstić information content (AvgIpc) is 2.39. The largest absolute Gasteiger partial charge is 0.432 e. The third-order valence-electron chi connectivity index (χ3n) is 2.95. The first-order chi connectivity index (χ1) is 9.45. The number of hydrogen-bond acceptors (Lipinski definition) is 2. The molecule has 0 spiro atoms. The minimum absolute atomic E-state index is 0.140. The molecular weight excluding hydrogens is 266 g/mol. The number of thiocarbonyl (C=S) groups is 1. The summed E-state index contributed by atoms with van der Waals surface area (Å²) in [6.07, 6.45) is 0. The van der Waals surface area contributed by atoms with Crippen LogP contribution in [0.5, 0.6) is 5.75 Å². The number of ether oxygens (including phenoxy) is 1. The molecule has 2 rings (SSSR count). The first-order valence-electron chi connectivity index (χ1n) is 6.59. The second kappa shape index (κ2) is 6.06. The van der Waals surface area contributed by atoms with Crippen LogP contribution in [0.3, 0.4) is 0 Å². The van der Waals surface area contributed by atoms with Crippen LogP contribution in [0.4, 0.5) is 5.69 Å². The molecule has 0 unspecified atom stereocenters. The summed E-state index contributed by atoms with van der Waals surface area (Å²) in [5, 5.41) is 3.39. The summed E-state index contributed by atoms with van der Waals surface area (Å²) in [6, 6.07) is 17.8. The lowest BCUT2D eigenvalue weighted by atomic mass is 9.87. The van der Waals surface area contributed by atoms with Gasteiger partial charge in [0.05, 0.1) is 0 Å². The minimum atomic E-state index is 0.140. The van der Waals surface area contributed by atoms with Crippen LogP contribution in [0.15, 0.2) is 54.6 Å². The Bertz CT molecular complexity index is 570. The summed E-state index contributed by atoms with van der Waals surface area (Å²) in [5.74, 6) is 0.742. The maximum atomic E-state index is 5.61. The van der Waals surface area contributed by atoms with E-state index in [1.807, 2.05) is 42.5 Å². The van der Waals surface area contributed by atoms with E-state index in [-0.39, 0.29) is 5.41 Å². The third-order valence-corrected chi connectivity index (χ3v) is 3.14. The molecule has 20 heavy (non-hydrogen) atoms. The molecule has 0 heterocycles. The highest BCUT2D eigenvalue weighted by molar-refractivity contribution is 7.80. The van der Waals surface area contributed by atoms with E-state index in [2.05, 4.69) is 38.2 Å². The van der Waals surface area contributed by atoms with E-state index in [0.29, 0.717) is 5.17 Å². The zero-order valence-corrected chi connectivity index (χ0v) is 12.8. The van der Waals surface area contributed by atoms with Gasteiger partial charge in [0.25, 0.3) is 5.17 Å². The summed E-state index contributed by atoms with van der Waals surface area (Å²) in [6.45, 7) is 6.55. The lowest BCUT2D eigenvalue weighted by Gasteiger charge is -2.19. The van der Waals surface area contributed by atoms with Crippen LogP contribution in [0, 0.1) is 0 Å².